The summed E-state index contributed by atoms with van der Waals surface area (Å²) in [6.07, 6.45) is 8.54. The lowest BCUT2D eigenvalue weighted by atomic mass is 9.79. The lowest BCUT2D eigenvalue weighted by Crippen LogP contribution is -2.69. The summed E-state index contributed by atoms with van der Waals surface area (Å²) in [6, 6.07) is 0.797. The van der Waals surface area contributed by atoms with E-state index in [0.717, 1.165) is 31.8 Å². The Morgan fingerprint density at radius 3 is 2.63 bits per heavy atom. The first kappa shape index (κ1) is 20.8. The van der Waals surface area contributed by atoms with Gasteiger partial charge in [0.1, 0.15) is 6.29 Å². The molecule has 0 aromatic carbocycles. The fourth-order valence-corrected chi connectivity index (χ4v) is 4.65. The molecular formula is C19H39N7O. The number of nitrogens with zero attached hydrogens (tertiary/aromatic N) is 1. The number of piperidine rings is 1. The number of urea groups is 1. The van der Waals surface area contributed by atoms with Gasteiger partial charge in [-0.25, -0.2) is 4.79 Å². The Bertz CT molecular complexity index is 475. The Morgan fingerprint density at radius 1 is 1.00 bits per heavy atom. The van der Waals surface area contributed by atoms with Crippen molar-refractivity contribution in [1.82, 2.24) is 36.8 Å². The van der Waals surface area contributed by atoms with Gasteiger partial charge in [0.2, 0.25) is 0 Å². The Balaban J connectivity index is 1.40. The van der Waals surface area contributed by atoms with E-state index in [0.29, 0.717) is 12.1 Å². The van der Waals surface area contributed by atoms with Crippen LogP contribution in [-0.2, 0) is 0 Å². The Hall–Kier alpha value is -0.930. The van der Waals surface area contributed by atoms with Gasteiger partial charge in [-0.15, -0.1) is 0 Å². The van der Waals surface area contributed by atoms with Gasteiger partial charge in [-0.1, -0.05) is 12.8 Å². The molecule has 0 aromatic heterocycles. The van der Waals surface area contributed by atoms with Crippen LogP contribution in [0.15, 0.2) is 0 Å². The van der Waals surface area contributed by atoms with Crippen molar-refractivity contribution in [2.24, 2.45) is 5.92 Å². The van der Waals surface area contributed by atoms with Crippen LogP contribution in [0, 0.1) is 5.92 Å². The Labute approximate surface area is 164 Å². The van der Waals surface area contributed by atoms with E-state index in [1.807, 2.05) is 0 Å². The minimum absolute atomic E-state index is 0.0828. The van der Waals surface area contributed by atoms with Crippen LogP contribution in [-0.4, -0.2) is 68.8 Å². The van der Waals surface area contributed by atoms with Gasteiger partial charge in [-0.05, 0) is 59.0 Å². The van der Waals surface area contributed by atoms with E-state index in [9.17, 15) is 4.79 Å². The number of rotatable bonds is 6. The molecule has 8 heteroatoms. The zero-order chi connectivity index (χ0) is 19.2. The third kappa shape index (κ3) is 6.57. The van der Waals surface area contributed by atoms with E-state index >= 15 is 0 Å². The molecule has 6 atom stereocenters. The molecule has 8 nitrogen and oxygen atoms in total. The second-order valence-electron chi connectivity index (χ2n) is 8.78. The predicted molar refractivity (Wildman–Crippen MR) is 108 cm³/mol. The number of hydrogen-bond acceptors (Lipinski definition) is 6. The highest BCUT2D eigenvalue weighted by atomic mass is 16.2. The number of amides is 2. The Kier molecular flexibility index (Phi) is 7.72. The number of carbonyl (C=O) groups excluding carboxylic acids is 1. The molecule has 156 valence electrons. The van der Waals surface area contributed by atoms with E-state index in [4.69, 9.17) is 0 Å². The average molecular weight is 382 g/mol. The highest BCUT2D eigenvalue weighted by Crippen LogP contribution is 2.31. The average Bonchev–Trinajstić information content (AvgIpc) is 2.60. The molecular weight excluding hydrogens is 342 g/mol. The van der Waals surface area contributed by atoms with Gasteiger partial charge in [-0.2, -0.15) is 0 Å². The molecule has 0 radical (unpaired) electrons. The molecule has 3 fully saturated rings. The summed E-state index contributed by atoms with van der Waals surface area (Å²) >= 11 is 0. The smallest absolute Gasteiger partial charge is 0.318 e. The van der Waals surface area contributed by atoms with Crippen LogP contribution in [0.1, 0.15) is 51.9 Å². The molecule has 0 aromatic rings. The molecule has 1 aliphatic carbocycles. The summed E-state index contributed by atoms with van der Waals surface area (Å²) in [6.45, 7) is 4.07. The van der Waals surface area contributed by atoms with Crippen molar-refractivity contribution in [3.63, 3.8) is 0 Å². The first-order chi connectivity index (χ1) is 13.0. The Morgan fingerprint density at radius 2 is 1.81 bits per heavy atom. The summed E-state index contributed by atoms with van der Waals surface area (Å²) in [5.41, 5.74) is 0. The summed E-state index contributed by atoms with van der Waals surface area (Å²) in [5, 5.41) is 20.2. The van der Waals surface area contributed by atoms with Crippen molar-refractivity contribution in [1.29, 1.82) is 0 Å². The zero-order valence-electron chi connectivity index (χ0n) is 17.2. The number of hydrogen-bond donors (Lipinski definition) is 6. The van der Waals surface area contributed by atoms with Gasteiger partial charge >= 0.3 is 6.03 Å². The standard InChI is InChI=1S/C19H39N7O/c1-13-12-17(20-10-11-26(2)3)23-18(21-13)25-19(27)24-16-9-8-14-6-4-5-7-15(14)22-16/h13-18,20-23H,4-12H2,1-3H3,(H2,24,25,27). The summed E-state index contributed by atoms with van der Waals surface area (Å²) in [4.78, 5) is 14.6. The van der Waals surface area contributed by atoms with Crippen LogP contribution in [0.4, 0.5) is 4.79 Å². The van der Waals surface area contributed by atoms with Crippen molar-refractivity contribution < 1.29 is 4.79 Å². The van der Waals surface area contributed by atoms with E-state index in [2.05, 4.69) is 57.8 Å². The topological polar surface area (TPSA) is 92.5 Å². The van der Waals surface area contributed by atoms with Gasteiger partial charge in [0, 0.05) is 25.2 Å². The first-order valence-electron chi connectivity index (χ1n) is 10.7. The molecule has 1 saturated carbocycles. The van der Waals surface area contributed by atoms with Crippen LogP contribution in [0.5, 0.6) is 0 Å². The van der Waals surface area contributed by atoms with Crippen molar-refractivity contribution in [3.8, 4) is 0 Å². The molecule has 27 heavy (non-hydrogen) atoms. The third-order valence-corrected chi connectivity index (χ3v) is 6.09. The van der Waals surface area contributed by atoms with Crippen molar-refractivity contribution in [2.75, 3.05) is 27.2 Å². The van der Waals surface area contributed by atoms with Gasteiger partial charge < -0.3 is 20.9 Å². The summed E-state index contributed by atoms with van der Waals surface area (Å²) in [5.74, 6) is 0.802. The normalized spacial score (nSPS) is 36.9. The SMILES string of the molecule is CC1CC(NCCN(C)C)NC(NC(=O)NC2CCC3CCCCC3N2)N1. The lowest BCUT2D eigenvalue weighted by Gasteiger charge is -2.41. The molecule has 0 spiro atoms. The van der Waals surface area contributed by atoms with Crippen molar-refractivity contribution >= 4 is 6.03 Å². The van der Waals surface area contributed by atoms with Gasteiger partial charge in [0.15, 0.2) is 0 Å². The fraction of sp³-hybridized carbons (Fsp3) is 0.947. The predicted octanol–water partition coefficient (Wildman–Crippen LogP) is 0.286. The summed E-state index contributed by atoms with van der Waals surface area (Å²) in [7, 11) is 4.15. The number of likely N-dealkylation sites (N-methyl/N-ethyl adjacent to an activating group) is 1. The molecule has 2 heterocycles. The maximum Gasteiger partial charge on any atom is 0.318 e. The highest BCUT2D eigenvalue weighted by molar-refractivity contribution is 5.74. The number of nitrogens with one attached hydrogen (secondary N) is 6. The molecule has 2 aliphatic heterocycles. The van der Waals surface area contributed by atoms with Crippen LogP contribution >= 0.6 is 0 Å². The molecule has 0 bridgehead atoms. The van der Waals surface area contributed by atoms with E-state index in [-0.39, 0.29) is 24.7 Å². The van der Waals surface area contributed by atoms with E-state index in [1.54, 1.807) is 0 Å². The van der Waals surface area contributed by atoms with Crippen molar-refractivity contribution in [3.05, 3.63) is 0 Å². The minimum Gasteiger partial charge on any atom is -0.323 e. The molecule has 3 aliphatic rings. The largest absolute Gasteiger partial charge is 0.323 e. The molecule has 3 rings (SSSR count). The minimum atomic E-state index is -0.225. The van der Waals surface area contributed by atoms with E-state index < -0.39 is 0 Å². The highest BCUT2D eigenvalue weighted by Gasteiger charge is 2.32. The second kappa shape index (κ2) is 10.0. The van der Waals surface area contributed by atoms with Crippen molar-refractivity contribution in [2.45, 2.75) is 82.6 Å². The zero-order valence-corrected chi connectivity index (χ0v) is 17.2. The number of fused-ring (bicyclic) bond motifs is 1. The molecule has 6 unspecified atom stereocenters. The van der Waals surface area contributed by atoms with Gasteiger partial charge in [0.25, 0.3) is 0 Å². The quantitative estimate of drug-likeness (QED) is 0.396. The summed E-state index contributed by atoms with van der Waals surface area (Å²) < 4.78 is 0. The monoisotopic (exact) mass is 381 g/mol. The molecule has 2 saturated heterocycles. The lowest BCUT2D eigenvalue weighted by molar-refractivity contribution is 0.153. The molecule has 2 amide bonds. The maximum absolute atomic E-state index is 12.5. The van der Waals surface area contributed by atoms with Crippen LogP contribution in [0.2, 0.25) is 0 Å². The van der Waals surface area contributed by atoms with E-state index in [1.165, 1.54) is 32.1 Å². The van der Waals surface area contributed by atoms with Gasteiger partial charge in [0.05, 0.1) is 12.3 Å². The number of carbonyl (C=O) groups is 1. The second-order valence-corrected chi connectivity index (χ2v) is 8.78. The first-order valence-corrected chi connectivity index (χ1v) is 10.7. The maximum atomic E-state index is 12.5. The third-order valence-electron chi connectivity index (χ3n) is 6.09. The van der Waals surface area contributed by atoms with Crippen LogP contribution in [0.3, 0.4) is 0 Å². The van der Waals surface area contributed by atoms with Gasteiger partial charge in [-0.3, -0.25) is 16.0 Å². The van der Waals surface area contributed by atoms with Crippen LogP contribution in [0.25, 0.3) is 0 Å². The van der Waals surface area contributed by atoms with Crippen LogP contribution < -0.4 is 31.9 Å². The molecule has 6 N–H and O–H groups in total. The fourth-order valence-electron chi connectivity index (χ4n) is 4.65.